The van der Waals surface area contributed by atoms with Gasteiger partial charge in [-0.2, -0.15) is 0 Å². The minimum absolute atomic E-state index is 0.0435. The quantitative estimate of drug-likeness (QED) is 0.631. The van der Waals surface area contributed by atoms with Crippen molar-refractivity contribution in [3.63, 3.8) is 0 Å². The van der Waals surface area contributed by atoms with E-state index in [-0.39, 0.29) is 30.0 Å². The van der Waals surface area contributed by atoms with Gasteiger partial charge < -0.3 is 5.32 Å². The molecule has 33 heavy (non-hydrogen) atoms. The molecule has 172 valence electrons. The molecule has 0 saturated carbocycles. The first-order valence-corrected chi connectivity index (χ1v) is 12.9. The third-order valence-electron chi connectivity index (χ3n) is 5.37. The predicted molar refractivity (Wildman–Crippen MR) is 128 cm³/mol. The lowest BCUT2D eigenvalue weighted by Gasteiger charge is -2.17. The molecule has 1 N–H and O–H groups in total. The van der Waals surface area contributed by atoms with Gasteiger partial charge in [-0.15, -0.1) is 0 Å². The highest BCUT2D eigenvalue weighted by atomic mass is 32.2. The number of amides is 3. The summed E-state index contributed by atoms with van der Waals surface area (Å²) in [6.45, 7) is 2.49. The minimum Gasteiger partial charge on any atom is -0.350 e. The van der Waals surface area contributed by atoms with Crippen LogP contribution in [0.25, 0.3) is 6.08 Å². The van der Waals surface area contributed by atoms with Crippen LogP contribution in [0, 0.1) is 6.92 Å². The first-order chi connectivity index (χ1) is 15.7. The molecule has 0 unspecified atom stereocenters. The smallest absolute Gasteiger partial charge is 0.293 e. The van der Waals surface area contributed by atoms with Crippen LogP contribution in [0.4, 0.5) is 10.5 Å². The molecule has 2 aromatic carbocycles. The van der Waals surface area contributed by atoms with Gasteiger partial charge in [0.05, 0.1) is 16.3 Å². The van der Waals surface area contributed by atoms with Gasteiger partial charge in [0.1, 0.15) is 0 Å². The zero-order valence-electron chi connectivity index (χ0n) is 18.0. The molecular formula is C23H23N3O5S2. The second-order valence-electron chi connectivity index (χ2n) is 7.79. The maximum Gasteiger partial charge on any atom is 0.293 e. The number of imide groups is 1. The largest absolute Gasteiger partial charge is 0.350 e. The van der Waals surface area contributed by atoms with Crippen molar-refractivity contribution >= 4 is 50.6 Å². The van der Waals surface area contributed by atoms with Crippen molar-refractivity contribution in [2.75, 3.05) is 29.7 Å². The van der Waals surface area contributed by atoms with E-state index >= 15 is 0 Å². The Labute approximate surface area is 196 Å². The fourth-order valence-electron chi connectivity index (χ4n) is 3.62. The van der Waals surface area contributed by atoms with Crippen LogP contribution in [0.2, 0.25) is 0 Å². The second-order valence-corrected chi connectivity index (χ2v) is 10.8. The number of hydrogen-bond donors (Lipinski definition) is 1. The van der Waals surface area contributed by atoms with Crippen molar-refractivity contribution < 1.29 is 22.8 Å². The van der Waals surface area contributed by atoms with E-state index in [1.165, 1.54) is 10.4 Å². The molecule has 0 radical (unpaired) electrons. The molecule has 0 aliphatic carbocycles. The normalized spacial score (nSPS) is 18.9. The highest BCUT2D eigenvalue weighted by Gasteiger charge is 2.34. The molecule has 0 bridgehead atoms. The minimum atomic E-state index is -3.34. The highest BCUT2D eigenvalue weighted by Crippen LogP contribution is 2.32. The Morgan fingerprint density at radius 1 is 1.15 bits per heavy atom. The molecule has 3 amide bonds. The summed E-state index contributed by atoms with van der Waals surface area (Å²) >= 11 is 0.875. The molecule has 0 spiro atoms. The van der Waals surface area contributed by atoms with E-state index in [0.717, 1.165) is 27.8 Å². The fourth-order valence-corrected chi connectivity index (χ4v) is 6.04. The summed E-state index contributed by atoms with van der Waals surface area (Å²) in [5.74, 6) is -0.698. The number of nitrogens with zero attached hydrogens (tertiary/aromatic N) is 2. The van der Waals surface area contributed by atoms with Gasteiger partial charge in [-0.1, -0.05) is 35.9 Å². The average Bonchev–Trinajstić information content (AvgIpc) is 3.28. The van der Waals surface area contributed by atoms with Crippen molar-refractivity contribution in [1.29, 1.82) is 0 Å². The molecule has 8 nitrogen and oxygen atoms in total. The number of rotatable bonds is 6. The van der Waals surface area contributed by atoms with Crippen molar-refractivity contribution in [2.45, 2.75) is 13.3 Å². The standard InChI is InChI=1S/C23H23N3O5S2/c1-16-6-8-17(9-7-16)14-20-22(28)25(23(29)32-20)12-10-24-21(27)18-4-2-5-19(15-18)26-11-3-13-33(26,30)31/h2,4-9,14-15H,3,10-13H2,1H3,(H,24,27)/b20-14-. The van der Waals surface area contributed by atoms with E-state index in [0.29, 0.717) is 29.1 Å². The van der Waals surface area contributed by atoms with Crippen LogP contribution in [0.15, 0.2) is 53.4 Å². The first-order valence-electron chi connectivity index (χ1n) is 10.5. The summed E-state index contributed by atoms with van der Waals surface area (Å²) in [4.78, 5) is 38.9. The molecule has 2 heterocycles. The van der Waals surface area contributed by atoms with Gasteiger partial charge in [-0.25, -0.2) is 8.42 Å². The summed E-state index contributed by atoms with van der Waals surface area (Å²) in [6.07, 6.45) is 2.23. The summed E-state index contributed by atoms with van der Waals surface area (Å²) in [5, 5.41) is 2.31. The van der Waals surface area contributed by atoms with E-state index in [1.54, 1.807) is 24.3 Å². The number of aryl methyl sites for hydroxylation is 1. The monoisotopic (exact) mass is 485 g/mol. The third kappa shape index (κ3) is 5.12. The van der Waals surface area contributed by atoms with Crippen LogP contribution in [-0.2, 0) is 14.8 Å². The zero-order valence-corrected chi connectivity index (χ0v) is 19.6. The van der Waals surface area contributed by atoms with Crippen LogP contribution < -0.4 is 9.62 Å². The molecule has 2 fully saturated rings. The predicted octanol–water partition coefficient (Wildman–Crippen LogP) is 3.00. The van der Waals surface area contributed by atoms with Gasteiger partial charge in [0.2, 0.25) is 10.0 Å². The third-order valence-corrected chi connectivity index (χ3v) is 8.14. The molecule has 4 rings (SSSR count). The Morgan fingerprint density at radius 3 is 2.61 bits per heavy atom. The van der Waals surface area contributed by atoms with Crippen molar-refractivity contribution in [2.24, 2.45) is 0 Å². The number of carbonyl (C=O) groups excluding carboxylic acids is 3. The summed E-state index contributed by atoms with van der Waals surface area (Å²) in [5.41, 5.74) is 2.69. The van der Waals surface area contributed by atoms with E-state index in [1.807, 2.05) is 31.2 Å². The fraction of sp³-hybridized carbons (Fsp3) is 0.261. The Balaban J connectivity index is 1.36. The van der Waals surface area contributed by atoms with Gasteiger partial charge in [0, 0.05) is 25.2 Å². The lowest BCUT2D eigenvalue weighted by molar-refractivity contribution is -0.122. The van der Waals surface area contributed by atoms with Gasteiger partial charge >= 0.3 is 0 Å². The first kappa shape index (κ1) is 23.1. The van der Waals surface area contributed by atoms with Crippen LogP contribution in [0.3, 0.4) is 0 Å². The number of thioether (sulfide) groups is 1. The van der Waals surface area contributed by atoms with E-state index in [2.05, 4.69) is 5.32 Å². The molecule has 2 aromatic rings. The molecule has 2 aliphatic rings. The SMILES string of the molecule is Cc1ccc(/C=C2\SC(=O)N(CCNC(=O)c3cccc(N4CCCS4(=O)=O)c3)C2=O)cc1. The van der Waals surface area contributed by atoms with Crippen molar-refractivity contribution in [3.05, 3.63) is 70.1 Å². The van der Waals surface area contributed by atoms with Gasteiger partial charge in [0.15, 0.2) is 0 Å². The number of carbonyl (C=O) groups is 3. The number of hydrogen-bond acceptors (Lipinski definition) is 6. The van der Waals surface area contributed by atoms with Crippen LogP contribution in [-0.4, -0.2) is 55.8 Å². The number of benzene rings is 2. The highest BCUT2D eigenvalue weighted by molar-refractivity contribution is 8.18. The molecule has 2 saturated heterocycles. The van der Waals surface area contributed by atoms with Gasteiger partial charge in [-0.05, 0) is 54.9 Å². The summed E-state index contributed by atoms with van der Waals surface area (Å²) in [7, 11) is -3.34. The summed E-state index contributed by atoms with van der Waals surface area (Å²) in [6, 6.07) is 14.0. The van der Waals surface area contributed by atoms with Crippen molar-refractivity contribution in [1.82, 2.24) is 10.2 Å². The molecule has 0 atom stereocenters. The van der Waals surface area contributed by atoms with Crippen LogP contribution in [0.1, 0.15) is 27.9 Å². The van der Waals surface area contributed by atoms with E-state index < -0.39 is 15.9 Å². The lowest BCUT2D eigenvalue weighted by Crippen LogP contribution is -2.37. The topological polar surface area (TPSA) is 104 Å². The zero-order chi connectivity index (χ0) is 23.6. The number of nitrogens with one attached hydrogen (secondary N) is 1. The van der Waals surface area contributed by atoms with Crippen LogP contribution in [0.5, 0.6) is 0 Å². The Bertz CT molecular complexity index is 1240. The molecule has 0 aromatic heterocycles. The van der Waals surface area contributed by atoms with Crippen molar-refractivity contribution in [3.8, 4) is 0 Å². The average molecular weight is 486 g/mol. The van der Waals surface area contributed by atoms with Gasteiger partial charge in [-0.3, -0.25) is 23.6 Å². The number of anilines is 1. The summed E-state index contributed by atoms with van der Waals surface area (Å²) < 4.78 is 25.6. The maximum atomic E-state index is 12.6. The Kier molecular flexibility index (Phi) is 6.57. The number of sulfonamides is 1. The maximum absolute atomic E-state index is 12.6. The molecule has 2 aliphatic heterocycles. The Hall–Kier alpha value is -3.11. The second kappa shape index (κ2) is 9.40. The van der Waals surface area contributed by atoms with E-state index in [4.69, 9.17) is 0 Å². The molecular weight excluding hydrogens is 462 g/mol. The lowest BCUT2D eigenvalue weighted by atomic mass is 10.1. The van der Waals surface area contributed by atoms with E-state index in [9.17, 15) is 22.8 Å². The van der Waals surface area contributed by atoms with Crippen LogP contribution >= 0.6 is 11.8 Å². The van der Waals surface area contributed by atoms with Gasteiger partial charge in [0.25, 0.3) is 17.1 Å². The molecule has 10 heteroatoms. The Morgan fingerprint density at radius 2 is 1.91 bits per heavy atom.